The predicted octanol–water partition coefficient (Wildman–Crippen LogP) is 0.962. The van der Waals surface area contributed by atoms with Crippen molar-refractivity contribution in [2.75, 3.05) is 26.7 Å². The molecule has 0 aromatic carbocycles. The number of aliphatic carboxylic acids is 1. The Hall–Kier alpha value is -0.610. The molecule has 2 rings (SSSR count). The number of carboxylic acid groups (broad SMARTS) is 1. The molecule has 0 aromatic rings. The van der Waals surface area contributed by atoms with E-state index in [2.05, 4.69) is 11.9 Å². The van der Waals surface area contributed by atoms with Crippen LogP contribution in [0.5, 0.6) is 0 Å². The smallest absolute Gasteiger partial charge is 0.303 e. The van der Waals surface area contributed by atoms with Gasteiger partial charge in [-0.15, -0.1) is 0 Å². The summed E-state index contributed by atoms with van der Waals surface area (Å²) in [4.78, 5) is 12.9. The average molecular weight is 213 g/mol. The molecule has 0 aliphatic carbocycles. The van der Waals surface area contributed by atoms with E-state index in [1.54, 1.807) is 0 Å². The molecule has 2 saturated heterocycles. The molecule has 2 aliphatic rings. The molecule has 0 bridgehead atoms. The topological polar surface area (TPSA) is 49.8 Å². The highest BCUT2D eigenvalue weighted by Gasteiger charge is 2.42. The Morgan fingerprint density at radius 1 is 1.53 bits per heavy atom. The fraction of sp³-hybridized carbons (Fsp3) is 0.909. The molecule has 0 saturated carbocycles. The summed E-state index contributed by atoms with van der Waals surface area (Å²) in [5, 5.41) is 8.74. The van der Waals surface area contributed by atoms with Gasteiger partial charge < -0.3 is 14.7 Å². The van der Waals surface area contributed by atoms with Gasteiger partial charge in [0.1, 0.15) is 0 Å². The lowest BCUT2D eigenvalue weighted by molar-refractivity contribution is -0.138. The van der Waals surface area contributed by atoms with Gasteiger partial charge >= 0.3 is 5.97 Å². The monoisotopic (exact) mass is 213 g/mol. The van der Waals surface area contributed by atoms with Crippen molar-refractivity contribution in [1.82, 2.24) is 4.90 Å². The summed E-state index contributed by atoms with van der Waals surface area (Å²) < 4.78 is 5.85. The van der Waals surface area contributed by atoms with Gasteiger partial charge in [-0.3, -0.25) is 4.79 Å². The minimum Gasteiger partial charge on any atom is -0.481 e. The highest BCUT2D eigenvalue weighted by atomic mass is 16.5. The number of carboxylic acids is 1. The van der Waals surface area contributed by atoms with Crippen LogP contribution in [0.1, 0.15) is 25.7 Å². The molecule has 4 nitrogen and oxygen atoms in total. The molecule has 1 N–H and O–H groups in total. The van der Waals surface area contributed by atoms with Crippen LogP contribution >= 0.6 is 0 Å². The Kier molecular flexibility index (Phi) is 2.98. The van der Waals surface area contributed by atoms with E-state index in [9.17, 15) is 4.79 Å². The summed E-state index contributed by atoms with van der Waals surface area (Å²) in [7, 11) is 2.12. The van der Waals surface area contributed by atoms with Crippen LogP contribution in [-0.2, 0) is 9.53 Å². The maximum atomic E-state index is 10.6. The zero-order valence-electron chi connectivity index (χ0n) is 9.24. The SMILES string of the molecule is CN1CCC2(CC1)CC(CC(=O)O)CO2. The Morgan fingerprint density at radius 2 is 2.20 bits per heavy atom. The minimum absolute atomic E-state index is 0.00657. The molecular weight excluding hydrogens is 194 g/mol. The summed E-state index contributed by atoms with van der Waals surface area (Å²) in [6.07, 6.45) is 3.31. The van der Waals surface area contributed by atoms with Gasteiger partial charge in [0, 0.05) is 13.1 Å². The lowest BCUT2D eigenvalue weighted by Crippen LogP contribution is -2.42. The van der Waals surface area contributed by atoms with Gasteiger partial charge in [-0.25, -0.2) is 0 Å². The molecule has 1 atom stereocenters. The number of hydrogen-bond donors (Lipinski definition) is 1. The molecule has 2 aliphatic heterocycles. The Morgan fingerprint density at radius 3 is 2.80 bits per heavy atom. The quantitative estimate of drug-likeness (QED) is 0.742. The summed E-state index contributed by atoms with van der Waals surface area (Å²) >= 11 is 0. The Labute approximate surface area is 90.2 Å². The van der Waals surface area contributed by atoms with Gasteiger partial charge in [0.25, 0.3) is 0 Å². The molecule has 2 fully saturated rings. The number of rotatable bonds is 2. The summed E-state index contributed by atoms with van der Waals surface area (Å²) in [5.41, 5.74) is 0.00657. The largest absolute Gasteiger partial charge is 0.481 e. The number of nitrogens with zero attached hydrogens (tertiary/aromatic N) is 1. The van der Waals surface area contributed by atoms with E-state index < -0.39 is 5.97 Å². The molecule has 1 unspecified atom stereocenters. The molecule has 2 heterocycles. The molecule has 4 heteroatoms. The van der Waals surface area contributed by atoms with E-state index >= 15 is 0 Å². The standard InChI is InChI=1S/C11H19NO3/c1-12-4-2-11(3-5-12)7-9(8-15-11)6-10(13)14/h9H,2-8H2,1H3,(H,13,14). The van der Waals surface area contributed by atoms with E-state index in [0.717, 1.165) is 32.4 Å². The van der Waals surface area contributed by atoms with Gasteiger partial charge in [-0.2, -0.15) is 0 Å². The summed E-state index contributed by atoms with van der Waals surface area (Å²) in [6.45, 7) is 2.77. The third kappa shape index (κ3) is 2.49. The minimum atomic E-state index is -0.700. The van der Waals surface area contributed by atoms with Crippen LogP contribution in [0.25, 0.3) is 0 Å². The van der Waals surface area contributed by atoms with Crippen LogP contribution < -0.4 is 0 Å². The Balaban J connectivity index is 1.88. The third-order valence-electron chi connectivity index (χ3n) is 3.65. The first-order valence-corrected chi connectivity index (χ1v) is 5.64. The normalized spacial score (nSPS) is 30.9. The fourth-order valence-electron chi connectivity index (χ4n) is 2.69. The maximum absolute atomic E-state index is 10.6. The van der Waals surface area contributed by atoms with E-state index in [1.807, 2.05) is 0 Å². The van der Waals surface area contributed by atoms with Crippen molar-refractivity contribution in [3.8, 4) is 0 Å². The second-order valence-electron chi connectivity index (χ2n) is 4.97. The third-order valence-corrected chi connectivity index (χ3v) is 3.65. The summed E-state index contributed by atoms with van der Waals surface area (Å²) in [6, 6.07) is 0. The van der Waals surface area contributed by atoms with Gasteiger partial charge in [0.15, 0.2) is 0 Å². The number of hydrogen-bond acceptors (Lipinski definition) is 3. The molecular formula is C11H19NO3. The van der Waals surface area contributed by atoms with Crippen molar-refractivity contribution in [2.24, 2.45) is 5.92 Å². The summed E-state index contributed by atoms with van der Waals surface area (Å²) in [5.74, 6) is -0.473. The van der Waals surface area contributed by atoms with Gasteiger partial charge in [0.05, 0.1) is 18.6 Å². The first kappa shape index (κ1) is 10.9. The second-order valence-corrected chi connectivity index (χ2v) is 4.97. The first-order valence-electron chi connectivity index (χ1n) is 5.64. The van der Waals surface area contributed by atoms with Gasteiger partial charge in [-0.05, 0) is 32.2 Å². The highest BCUT2D eigenvalue weighted by Crippen LogP contribution is 2.39. The number of likely N-dealkylation sites (tertiary alicyclic amines) is 1. The number of piperidine rings is 1. The van der Waals surface area contributed by atoms with Crippen LogP contribution in [0, 0.1) is 5.92 Å². The van der Waals surface area contributed by atoms with Crippen molar-refractivity contribution in [1.29, 1.82) is 0 Å². The molecule has 0 aromatic heterocycles. The van der Waals surface area contributed by atoms with Crippen LogP contribution in [0.2, 0.25) is 0 Å². The maximum Gasteiger partial charge on any atom is 0.303 e. The van der Waals surface area contributed by atoms with Crippen molar-refractivity contribution < 1.29 is 14.6 Å². The molecule has 15 heavy (non-hydrogen) atoms. The molecule has 1 spiro atoms. The number of carbonyl (C=O) groups is 1. The van der Waals surface area contributed by atoms with E-state index in [1.165, 1.54) is 0 Å². The fourth-order valence-corrected chi connectivity index (χ4v) is 2.69. The zero-order valence-corrected chi connectivity index (χ0v) is 9.24. The van der Waals surface area contributed by atoms with Gasteiger partial charge in [0.2, 0.25) is 0 Å². The van der Waals surface area contributed by atoms with E-state index in [0.29, 0.717) is 6.61 Å². The van der Waals surface area contributed by atoms with Crippen molar-refractivity contribution in [2.45, 2.75) is 31.3 Å². The molecule has 0 amide bonds. The predicted molar refractivity (Wildman–Crippen MR) is 55.8 cm³/mol. The zero-order chi connectivity index (χ0) is 10.9. The van der Waals surface area contributed by atoms with Crippen molar-refractivity contribution >= 4 is 5.97 Å². The number of ether oxygens (including phenoxy) is 1. The second kappa shape index (κ2) is 4.10. The average Bonchev–Trinajstić information content (AvgIpc) is 2.54. The first-order chi connectivity index (χ1) is 7.10. The lowest BCUT2D eigenvalue weighted by atomic mass is 9.85. The van der Waals surface area contributed by atoms with Crippen LogP contribution in [0.4, 0.5) is 0 Å². The molecule has 0 radical (unpaired) electrons. The van der Waals surface area contributed by atoms with Crippen molar-refractivity contribution in [3.63, 3.8) is 0 Å². The van der Waals surface area contributed by atoms with Crippen LogP contribution in [0.15, 0.2) is 0 Å². The van der Waals surface area contributed by atoms with Crippen molar-refractivity contribution in [3.05, 3.63) is 0 Å². The van der Waals surface area contributed by atoms with Crippen LogP contribution in [-0.4, -0.2) is 48.3 Å². The molecule has 86 valence electrons. The highest BCUT2D eigenvalue weighted by molar-refractivity contribution is 5.67. The van der Waals surface area contributed by atoms with Gasteiger partial charge in [-0.1, -0.05) is 0 Å². The van der Waals surface area contributed by atoms with E-state index in [-0.39, 0.29) is 17.9 Å². The Bertz CT molecular complexity index is 246. The van der Waals surface area contributed by atoms with E-state index in [4.69, 9.17) is 9.84 Å². The lowest BCUT2D eigenvalue weighted by Gasteiger charge is -2.37. The van der Waals surface area contributed by atoms with Crippen LogP contribution in [0.3, 0.4) is 0 Å².